The Hall–Kier alpha value is -2.93. The first-order valence-corrected chi connectivity index (χ1v) is 9.98. The summed E-state index contributed by atoms with van der Waals surface area (Å²) in [5.41, 5.74) is 8.60. The summed E-state index contributed by atoms with van der Waals surface area (Å²) in [6.45, 7) is 6.94. The van der Waals surface area contributed by atoms with Crippen LogP contribution in [0.4, 0.5) is 5.82 Å². The number of nitrogen functional groups attached to an aromatic ring is 1. The Morgan fingerprint density at radius 2 is 1.97 bits per heavy atom. The van der Waals surface area contributed by atoms with Gasteiger partial charge in [-0.1, -0.05) is 30.3 Å². The molecule has 0 bridgehead atoms. The lowest BCUT2D eigenvalue weighted by Gasteiger charge is -2.33. The molecule has 0 amide bonds. The summed E-state index contributed by atoms with van der Waals surface area (Å²) in [5.74, 6) is 0.256. The fourth-order valence-electron chi connectivity index (χ4n) is 3.71. The number of hydrogen-bond acceptors (Lipinski definition) is 6. The number of rotatable bonds is 3. The number of carbonyl (C=O) groups is 1. The van der Waals surface area contributed by atoms with Crippen LogP contribution in [0.3, 0.4) is 0 Å². The number of carbonyl (C=O) groups excluding carboxylic acids is 1. The molecule has 1 aromatic carbocycles. The maximum Gasteiger partial charge on any atom is 0.330 e. The second kappa shape index (κ2) is 7.48. The molecule has 152 valence electrons. The number of hydrogen-bond donors (Lipinski definition) is 1. The lowest BCUT2D eigenvalue weighted by Crippen LogP contribution is -2.40. The molecule has 0 spiro atoms. The molecule has 1 atom stereocenters. The minimum atomic E-state index is -0.532. The summed E-state index contributed by atoms with van der Waals surface area (Å²) >= 11 is 0. The van der Waals surface area contributed by atoms with Gasteiger partial charge in [0.05, 0.1) is 23.4 Å². The number of fused-ring (bicyclic) bond motifs is 1. The van der Waals surface area contributed by atoms with E-state index in [1.54, 1.807) is 5.06 Å². The van der Waals surface area contributed by atoms with Gasteiger partial charge in [0.2, 0.25) is 0 Å². The smallest absolute Gasteiger partial charge is 0.330 e. The zero-order valence-electron chi connectivity index (χ0n) is 17.1. The Labute approximate surface area is 170 Å². The first kappa shape index (κ1) is 19.4. The van der Waals surface area contributed by atoms with Crippen LogP contribution in [0.25, 0.3) is 22.2 Å². The van der Waals surface area contributed by atoms with E-state index in [4.69, 9.17) is 10.6 Å². The molecule has 7 heteroatoms. The van der Waals surface area contributed by atoms with Gasteiger partial charge in [0.15, 0.2) is 0 Å². The molecule has 1 aliphatic heterocycles. The average Bonchev–Trinajstić information content (AvgIpc) is 3.09. The van der Waals surface area contributed by atoms with E-state index in [0.29, 0.717) is 12.4 Å². The van der Waals surface area contributed by atoms with Gasteiger partial charge in [-0.05, 0) is 39.2 Å². The second-order valence-electron chi connectivity index (χ2n) is 8.59. The van der Waals surface area contributed by atoms with Crippen molar-refractivity contribution in [3.05, 3.63) is 42.9 Å². The van der Waals surface area contributed by atoms with Crippen molar-refractivity contribution >= 4 is 22.8 Å². The van der Waals surface area contributed by atoms with E-state index in [2.05, 4.69) is 32.9 Å². The third-order valence-corrected chi connectivity index (χ3v) is 5.30. The Morgan fingerprint density at radius 1 is 1.21 bits per heavy atom. The molecule has 29 heavy (non-hydrogen) atoms. The van der Waals surface area contributed by atoms with Gasteiger partial charge in [0, 0.05) is 18.3 Å². The van der Waals surface area contributed by atoms with E-state index in [9.17, 15) is 4.79 Å². The van der Waals surface area contributed by atoms with E-state index < -0.39 is 5.41 Å². The first-order valence-electron chi connectivity index (χ1n) is 9.98. The summed E-state index contributed by atoms with van der Waals surface area (Å²) in [6.07, 6.45) is 5.52. The molecule has 1 aliphatic rings. The quantitative estimate of drug-likeness (QED) is 0.728. The van der Waals surface area contributed by atoms with Gasteiger partial charge in [-0.25, -0.2) is 14.8 Å². The first-order chi connectivity index (χ1) is 13.8. The molecule has 3 heterocycles. The van der Waals surface area contributed by atoms with Crippen molar-refractivity contribution in [1.82, 2.24) is 19.6 Å². The van der Waals surface area contributed by atoms with Gasteiger partial charge in [0.1, 0.15) is 17.8 Å². The molecule has 2 aromatic heterocycles. The normalized spacial score (nSPS) is 18.1. The third kappa shape index (κ3) is 3.82. The molecule has 0 aliphatic carbocycles. The van der Waals surface area contributed by atoms with Gasteiger partial charge in [-0.15, -0.1) is 5.06 Å². The van der Waals surface area contributed by atoms with Crippen LogP contribution in [0, 0.1) is 5.41 Å². The number of hydroxylamine groups is 2. The summed E-state index contributed by atoms with van der Waals surface area (Å²) in [6, 6.07) is 10.3. The average molecular weight is 393 g/mol. The molecular formula is C22H27N5O2. The van der Waals surface area contributed by atoms with Crippen molar-refractivity contribution < 1.29 is 9.63 Å². The van der Waals surface area contributed by atoms with Crippen molar-refractivity contribution in [1.29, 1.82) is 0 Å². The van der Waals surface area contributed by atoms with Crippen LogP contribution in [-0.4, -0.2) is 38.7 Å². The highest BCUT2D eigenvalue weighted by Crippen LogP contribution is 2.36. The molecular weight excluding hydrogens is 366 g/mol. The number of aromatic nitrogens is 3. The van der Waals surface area contributed by atoms with Crippen LogP contribution < -0.4 is 5.73 Å². The Bertz CT molecular complexity index is 1020. The summed E-state index contributed by atoms with van der Waals surface area (Å²) in [5, 5.41) is 2.64. The SMILES string of the molecule is CC(C)(C)C(=O)ON1CCCC(n2cc(-c3ccccc3)c3c(N)ncnc32)C1. The Kier molecular flexibility index (Phi) is 5.00. The van der Waals surface area contributed by atoms with Gasteiger partial charge in [-0.2, -0.15) is 0 Å². The number of piperidine rings is 1. The van der Waals surface area contributed by atoms with Crippen molar-refractivity contribution in [2.45, 2.75) is 39.7 Å². The van der Waals surface area contributed by atoms with Crippen LogP contribution in [-0.2, 0) is 9.63 Å². The predicted molar refractivity (Wildman–Crippen MR) is 113 cm³/mol. The molecule has 1 unspecified atom stereocenters. The topological polar surface area (TPSA) is 86.3 Å². The Morgan fingerprint density at radius 3 is 2.69 bits per heavy atom. The number of anilines is 1. The molecule has 2 N–H and O–H groups in total. The predicted octanol–water partition coefficient (Wildman–Crippen LogP) is 3.82. The van der Waals surface area contributed by atoms with Gasteiger partial charge in [-0.3, -0.25) is 0 Å². The maximum absolute atomic E-state index is 12.3. The minimum Gasteiger partial charge on any atom is -0.383 e. The van der Waals surface area contributed by atoms with Crippen molar-refractivity contribution in [3.63, 3.8) is 0 Å². The monoisotopic (exact) mass is 393 g/mol. The molecule has 7 nitrogen and oxygen atoms in total. The van der Waals surface area contributed by atoms with Crippen LogP contribution in [0.2, 0.25) is 0 Å². The number of nitrogens with two attached hydrogens (primary N) is 1. The zero-order chi connectivity index (χ0) is 20.6. The van der Waals surface area contributed by atoms with Crippen LogP contribution in [0.15, 0.2) is 42.9 Å². The largest absolute Gasteiger partial charge is 0.383 e. The molecule has 0 saturated carbocycles. The van der Waals surface area contributed by atoms with Crippen LogP contribution >= 0.6 is 0 Å². The number of nitrogens with zero attached hydrogens (tertiary/aromatic N) is 4. The highest BCUT2D eigenvalue weighted by Gasteiger charge is 2.30. The standard InChI is InChI=1S/C22H27N5O2/c1-22(2,3)21(28)29-26-11-7-10-16(12-26)27-13-17(15-8-5-4-6-9-15)18-19(23)24-14-25-20(18)27/h4-6,8-9,13-14,16H,7,10-12H2,1-3H3,(H2,23,24,25). The highest BCUT2D eigenvalue weighted by atomic mass is 16.7. The maximum atomic E-state index is 12.3. The van der Waals surface area contributed by atoms with E-state index in [0.717, 1.165) is 41.5 Å². The lowest BCUT2D eigenvalue weighted by atomic mass is 9.98. The third-order valence-electron chi connectivity index (χ3n) is 5.30. The molecule has 1 fully saturated rings. The Balaban J connectivity index is 1.69. The van der Waals surface area contributed by atoms with Gasteiger partial charge in [0.25, 0.3) is 0 Å². The van der Waals surface area contributed by atoms with Crippen molar-refractivity contribution in [2.75, 3.05) is 18.8 Å². The van der Waals surface area contributed by atoms with E-state index in [1.165, 1.54) is 6.33 Å². The molecule has 4 rings (SSSR count). The van der Waals surface area contributed by atoms with Crippen molar-refractivity contribution in [3.8, 4) is 11.1 Å². The van der Waals surface area contributed by atoms with Gasteiger partial charge >= 0.3 is 5.97 Å². The van der Waals surface area contributed by atoms with Gasteiger partial charge < -0.3 is 15.1 Å². The fourth-order valence-corrected chi connectivity index (χ4v) is 3.71. The van der Waals surface area contributed by atoms with Crippen LogP contribution in [0.1, 0.15) is 39.7 Å². The fraction of sp³-hybridized carbons (Fsp3) is 0.409. The number of benzene rings is 1. The second-order valence-corrected chi connectivity index (χ2v) is 8.59. The van der Waals surface area contributed by atoms with E-state index in [-0.39, 0.29) is 12.0 Å². The molecule has 1 saturated heterocycles. The minimum absolute atomic E-state index is 0.130. The summed E-state index contributed by atoms with van der Waals surface area (Å²) in [4.78, 5) is 26.7. The lowest BCUT2D eigenvalue weighted by molar-refractivity contribution is -0.206. The molecule has 0 radical (unpaired) electrons. The van der Waals surface area contributed by atoms with E-state index in [1.807, 2.05) is 39.0 Å². The summed E-state index contributed by atoms with van der Waals surface area (Å²) in [7, 11) is 0. The zero-order valence-corrected chi connectivity index (χ0v) is 17.1. The summed E-state index contributed by atoms with van der Waals surface area (Å²) < 4.78 is 2.16. The molecule has 3 aromatic rings. The van der Waals surface area contributed by atoms with Crippen molar-refractivity contribution in [2.24, 2.45) is 5.41 Å². The van der Waals surface area contributed by atoms with Crippen LogP contribution in [0.5, 0.6) is 0 Å². The van der Waals surface area contributed by atoms with E-state index >= 15 is 0 Å². The highest BCUT2D eigenvalue weighted by molar-refractivity contribution is 6.00.